The van der Waals surface area contributed by atoms with Gasteiger partial charge >= 0.3 is 0 Å². The van der Waals surface area contributed by atoms with E-state index in [1.165, 1.54) is 0 Å². The van der Waals surface area contributed by atoms with Gasteiger partial charge in [-0.05, 0) is 31.0 Å². The number of nitrogens with one attached hydrogen (secondary N) is 1. The average molecular weight is 317 g/mol. The maximum absolute atomic E-state index is 12.4. The van der Waals surface area contributed by atoms with Gasteiger partial charge in [0, 0.05) is 12.5 Å². The molecule has 2 rings (SSSR count). The summed E-state index contributed by atoms with van der Waals surface area (Å²) in [5.41, 5.74) is 1.98. The number of hydrogen-bond acceptors (Lipinski definition) is 3. The largest absolute Gasteiger partial charge is 0.303 e. The molecule has 0 saturated heterocycles. The second-order valence-corrected chi connectivity index (χ2v) is 6.94. The van der Waals surface area contributed by atoms with Gasteiger partial charge in [-0.1, -0.05) is 48.0 Å². The molecule has 2 aromatic carbocycles. The molecule has 0 unspecified atom stereocenters. The third kappa shape index (κ3) is 4.51. The molecule has 0 amide bonds. The highest BCUT2D eigenvalue weighted by Gasteiger charge is 2.20. The summed E-state index contributed by atoms with van der Waals surface area (Å²) in [4.78, 5) is 11.0. The van der Waals surface area contributed by atoms with Crippen LogP contribution in [0.3, 0.4) is 0 Å². The number of rotatable bonds is 7. The van der Waals surface area contributed by atoms with Crippen LogP contribution >= 0.6 is 0 Å². The second-order valence-electron chi connectivity index (χ2n) is 5.22. The first-order chi connectivity index (χ1) is 10.5. The Balaban J connectivity index is 2.15. The SMILES string of the molecule is Cc1ccc(S(=O)(=O)N[C@H](CC=O)Cc2ccccc2)cc1. The van der Waals surface area contributed by atoms with E-state index in [2.05, 4.69) is 4.72 Å². The number of carbonyl (C=O) groups is 1. The highest BCUT2D eigenvalue weighted by molar-refractivity contribution is 7.89. The number of carbonyl (C=O) groups excluding carboxylic acids is 1. The van der Waals surface area contributed by atoms with Crippen LogP contribution in [0.15, 0.2) is 59.5 Å². The van der Waals surface area contributed by atoms with Gasteiger partial charge in [0.2, 0.25) is 10.0 Å². The molecule has 22 heavy (non-hydrogen) atoms. The Morgan fingerprint density at radius 1 is 1.05 bits per heavy atom. The van der Waals surface area contributed by atoms with E-state index in [1.807, 2.05) is 37.3 Å². The Hall–Kier alpha value is -1.98. The zero-order valence-electron chi connectivity index (χ0n) is 12.4. The van der Waals surface area contributed by atoms with Crippen molar-refractivity contribution in [3.8, 4) is 0 Å². The molecule has 0 aliphatic heterocycles. The molecule has 0 spiro atoms. The predicted octanol–water partition coefficient (Wildman–Crippen LogP) is 2.47. The highest BCUT2D eigenvalue weighted by atomic mass is 32.2. The van der Waals surface area contributed by atoms with Crippen LogP contribution in [-0.4, -0.2) is 20.7 Å². The van der Waals surface area contributed by atoms with Crippen LogP contribution in [0, 0.1) is 6.92 Å². The fraction of sp³-hybridized carbons (Fsp3) is 0.235. The van der Waals surface area contributed by atoms with Gasteiger partial charge in [0.25, 0.3) is 0 Å². The fourth-order valence-corrected chi connectivity index (χ4v) is 3.44. The first-order valence-corrected chi connectivity index (χ1v) is 8.56. The van der Waals surface area contributed by atoms with Crippen LogP contribution in [0.25, 0.3) is 0 Å². The third-order valence-electron chi connectivity index (χ3n) is 3.36. The van der Waals surface area contributed by atoms with E-state index in [1.54, 1.807) is 24.3 Å². The smallest absolute Gasteiger partial charge is 0.240 e. The van der Waals surface area contributed by atoms with E-state index >= 15 is 0 Å². The number of benzene rings is 2. The lowest BCUT2D eigenvalue weighted by molar-refractivity contribution is -0.108. The predicted molar refractivity (Wildman–Crippen MR) is 86.1 cm³/mol. The molecule has 1 atom stereocenters. The highest BCUT2D eigenvalue weighted by Crippen LogP contribution is 2.13. The van der Waals surface area contributed by atoms with E-state index < -0.39 is 16.1 Å². The van der Waals surface area contributed by atoms with Crippen molar-refractivity contribution in [2.45, 2.75) is 30.7 Å². The summed E-state index contributed by atoms with van der Waals surface area (Å²) in [6.07, 6.45) is 1.36. The van der Waals surface area contributed by atoms with Gasteiger partial charge in [-0.15, -0.1) is 0 Å². The van der Waals surface area contributed by atoms with Gasteiger partial charge in [-0.3, -0.25) is 0 Å². The van der Waals surface area contributed by atoms with E-state index in [-0.39, 0.29) is 11.3 Å². The van der Waals surface area contributed by atoms with Crippen LogP contribution in [0.2, 0.25) is 0 Å². The van der Waals surface area contributed by atoms with Crippen LogP contribution in [-0.2, 0) is 21.2 Å². The first kappa shape index (κ1) is 16.4. The van der Waals surface area contributed by atoms with E-state index in [0.717, 1.165) is 17.4 Å². The molecule has 5 heteroatoms. The van der Waals surface area contributed by atoms with E-state index in [0.29, 0.717) is 6.42 Å². The van der Waals surface area contributed by atoms with Gasteiger partial charge in [-0.25, -0.2) is 13.1 Å². The lowest BCUT2D eigenvalue weighted by Crippen LogP contribution is -2.36. The molecular formula is C17H19NO3S. The van der Waals surface area contributed by atoms with Gasteiger partial charge in [0.1, 0.15) is 6.29 Å². The first-order valence-electron chi connectivity index (χ1n) is 7.08. The minimum absolute atomic E-state index is 0.139. The maximum atomic E-state index is 12.4. The van der Waals surface area contributed by atoms with E-state index in [4.69, 9.17) is 0 Å². The molecule has 0 bridgehead atoms. The van der Waals surface area contributed by atoms with Gasteiger partial charge in [0.15, 0.2) is 0 Å². The van der Waals surface area contributed by atoms with E-state index in [9.17, 15) is 13.2 Å². The number of hydrogen-bond donors (Lipinski definition) is 1. The topological polar surface area (TPSA) is 63.2 Å². The Kier molecular flexibility index (Phi) is 5.46. The van der Waals surface area contributed by atoms with Gasteiger partial charge in [0.05, 0.1) is 4.90 Å². The van der Waals surface area contributed by atoms with Gasteiger partial charge in [-0.2, -0.15) is 0 Å². The zero-order valence-corrected chi connectivity index (χ0v) is 13.2. The summed E-state index contributed by atoms with van der Waals surface area (Å²) in [6, 6.07) is 15.7. The van der Waals surface area contributed by atoms with Crippen molar-refractivity contribution < 1.29 is 13.2 Å². The normalized spacial score (nSPS) is 12.8. The average Bonchev–Trinajstić information content (AvgIpc) is 2.48. The minimum atomic E-state index is -3.63. The van der Waals surface area contributed by atoms with Crippen LogP contribution in [0.4, 0.5) is 0 Å². The minimum Gasteiger partial charge on any atom is -0.303 e. The lowest BCUT2D eigenvalue weighted by Gasteiger charge is -2.17. The molecule has 0 aliphatic carbocycles. The summed E-state index contributed by atoms with van der Waals surface area (Å²) in [6.45, 7) is 1.90. The van der Waals surface area contributed by atoms with Crippen molar-refractivity contribution in [1.82, 2.24) is 4.72 Å². The Morgan fingerprint density at radius 3 is 2.27 bits per heavy atom. The molecular weight excluding hydrogens is 298 g/mol. The van der Waals surface area contributed by atoms with Crippen molar-refractivity contribution in [1.29, 1.82) is 0 Å². The third-order valence-corrected chi connectivity index (χ3v) is 4.90. The van der Waals surface area contributed by atoms with Crippen LogP contribution in [0.5, 0.6) is 0 Å². The second kappa shape index (κ2) is 7.33. The summed E-state index contributed by atoms with van der Waals surface area (Å²) in [7, 11) is -3.63. The van der Waals surface area contributed by atoms with Crippen molar-refractivity contribution in [3.05, 3.63) is 65.7 Å². The van der Waals surface area contributed by atoms with Crippen molar-refractivity contribution >= 4 is 16.3 Å². The van der Waals surface area contributed by atoms with Crippen LogP contribution < -0.4 is 4.72 Å². The Bertz CT molecular complexity index is 709. The van der Waals surface area contributed by atoms with Gasteiger partial charge < -0.3 is 4.79 Å². The molecule has 0 fully saturated rings. The Morgan fingerprint density at radius 2 is 1.68 bits per heavy atom. The molecule has 116 valence electrons. The summed E-state index contributed by atoms with van der Waals surface area (Å²) < 4.78 is 27.4. The fourth-order valence-electron chi connectivity index (χ4n) is 2.19. The molecule has 1 N–H and O–H groups in total. The van der Waals surface area contributed by atoms with Crippen LogP contribution in [0.1, 0.15) is 17.5 Å². The number of aryl methyl sites for hydroxylation is 1. The molecule has 0 radical (unpaired) electrons. The number of sulfonamides is 1. The molecule has 0 heterocycles. The molecule has 0 aromatic heterocycles. The van der Waals surface area contributed by atoms with Crippen molar-refractivity contribution in [3.63, 3.8) is 0 Å². The quantitative estimate of drug-likeness (QED) is 0.798. The number of aldehydes is 1. The Labute approximate surface area is 131 Å². The summed E-state index contributed by atoms with van der Waals surface area (Å²) >= 11 is 0. The molecule has 2 aromatic rings. The zero-order chi connectivity index (χ0) is 16.0. The monoisotopic (exact) mass is 317 g/mol. The lowest BCUT2D eigenvalue weighted by atomic mass is 10.1. The molecule has 4 nitrogen and oxygen atoms in total. The van der Waals surface area contributed by atoms with Crippen molar-refractivity contribution in [2.24, 2.45) is 0 Å². The molecule has 0 aliphatic rings. The maximum Gasteiger partial charge on any atom is 0.240 e. The molecule has 0 saturated carbocycles. The standard InChI is InChI=1S/C17H19NO3S/c1-14-7-9-17(10-8-14)22(20,21)18-16(11-12-19)13-15-5-3-2-4-6-15/h2-10,12,16,18H,11,13H2,1H3/t16-/m1/s1. The van der Waals surface area contributed by atoms with Crippen molar-refractivity contribution in [2.75, 3.05) is 0 Å². The summed E-state index contributed by atoms with van der Waals surface area (Å²) in [5, 5.41) is 0. The summed E-state index contributed by atoms with van der Waals surface area (Å²) in [5.74, 6) is 0.